The normalized spacial score (nSPS) is 22.5. The number of imide groups is 1. The fourth-order valence-electron chi connectivity index (χ4n) is 2.79. The molecule has 114 valence electrons. The van der Waals surface area contributed by atoms with Crippen molar-refractivity contribution in [2.45, 2.75) is 6.04 Å². The second kappa shape index (κ2) is 5.31. The molecular formula is C17H13N3O3. The van der Waals surface area contributed by atoms with E-state index in [4.69, 9.17) is 4.74 Å². The van der Waals surface area contributed by atoms with E-state index in [2.05, 4.69) is 10.2 Å². The third-order valence-electron chi connectivity index (χ3n) is 3.95. The Morgan fingerprint density at radius 2 is 1.61 bits per heavy atom. The molecule has 0 aromatic heterocycles. The number of hydrogen-bond acceptors (Lipinski definition) is 5. The molecule has 0 unspecified atom stereocenters. The summed E-state index contributed by atoms with van der Waals surface area (Å²) >= 11 is 0. The number of para-hydroxylation sites is 1. The number of fused-ring (bicyclic) bond motifs is 1. The van der Waals surface area contributed by atoms with E-state index in [-0.39, 0.29) is 11.8 Å². The van der Waals surface area contributed by atoms with Gasteiger partial charge in [0, 0.05) is 0 Å². The average Bonchev–Trinajstić information content (AvgIpc) is 3.14. The summed E-state index contributed by atoms with van der Waals surface area (Å²) in [4.78, 5) is 25.8. The van der Waals surface area contributed by atoms with Crippen LogP contribution in [0, 0.1) is 5.92 Å². The van der Waals surface area contributed by atoms with Crippen LogP contribution in [0.5, 0.6) is 11.5 Å². The van der Waals surface area contributed by atoms with Crippen molar-refractivity contribution >= 4 is 17.5 Å². The molecule has 0 bridgehead atoms. The van der Waals surface area contributed by atoms with E-state index in [1.807, 2.05) is 30.3 Å². The molecule has 4 rings (SSSR count). The highest BCUT2D eigenvalue weighted by atomic mass is 16.5. The summed E-state index contributed by atoms with van der Waals surface area (Å²) in [5, 5.41) is 7.66. The number of rotatable bonds is 3. The highest BCUT2D eigenvalue weighted by Gasteiger charge is 2.50. The van der Waals surface area contributed by atoms with Crippen LogP contribution >= 0.6 is 0 Å². The van der Waals surface area contributed by atoms with Crippen molar-refractivity contribution in [3.63, 3.8) is 0 Å². The van der Waals surface area contributed by atoms with Crippen molar-refractivity contribution in [1.29, 1.82) is 0 Å². The van der Waals surface area contributed by atoms with Gasteiger partial charge in [0.05, 0.1) is 18.2 Å². The molecule has 2 aliphatic heterocycles. The second-order valence-corrected chi connectivity index (χ2v) is 5.41. The van der Waals surface area contributed by atoms with Crippen molar-refractivity contribution < 1.29 is 14.3 Å². The van der Waals surface area contributed by atoms with Gasteiger partial charge in [-0.2, -0.15) is 10.2 Å². The van der Waals surface area contributed by atoms with Crippen LogP contribution in [0.4, 0.5) is 5.69 Å². The molecule has 0 radical (unpaired) electrons. The maximum Gasteiger partial charge on any atom is 0.261 e. The number of hydrogen-bond donors (Lipinski definition) is 0. The minimum atomic E-state index is -0.650. The fraction of sp³-hybridized carbons (Fsp3) is 0.176. The Labute approximate surface area is 132 Å². The molecule has 0 saturated carbocycles. The molecule has 2 aliphatic rings. The Morgan fingerprint density at radius 3 is 2.30 bits per heavy atom. The van der Waals surface area contributed by atoms with Crippen molar-refractivity contribution in [3.8, 4) is 11.5 Å². The van der Waals surface area contributed by atoms with Crippen LogP contribution in [0.2, 0.25) is 0 Å². The highest BCUT2D eigenvalue weighted by Crippen LogP contribution is 2.33. The largest absolute Gasteiger partial charge is 0.457 e. The summed E-state index contributed by atoms with van der Waals surface area (Å²) in [5.74, 6) is 0.380. The van der Waals surface area contributed by atoms with Gasteiger partial charge >= 0.3 is 0 Å². The van der Waals surface area contributed by atoms with Crippen LogP contribution in [-0.4, -0.2) is 24.4 Å². The summed E-state index contributed by atoms with van der Waals surface area (Å²) in [7, 11) is 0. The van der Waals surface area contributed by atoms with Gasteiger partial charge in [0.1, 0.15) is 11.5 Å². The Hall–Kier alpha value is -3.02. The fourth-order valence-corrected chi connectivity index (χ4v) is 2.79. The molecule has 2 aromatic rings. The highest BCUT2D eigenvalue weighted by molar-refractivity contribution is 6.23. The van der Waals surface area contributed by atoms with Gasteiger partial charge in [0.2, 0.25) is 5.91 Å². The summed E-state index contributed by atoms with van der Waals surface area (Å²) in [6, 6.07) is 15.6. The lowest BCUT2D eigenvalue weighted by atomic mass is 10.1. The minimum Gasteiger partial charge on any atom is -0.457 e. The number of azo groups is 1. The van der Waals surface area contributed by atoms with Gasteiger partial charge in [0.25, 0.3) is 5.91 Å². The molecule has 2 amide bonds. The van der Waals surface area contributed by atoms with Crippen molar-refractivity contribution in [2.24, 2.45) is 16.1 Å². The van der Waals surface area contributed by atoms with E-state index >= 15 is 0 Å². The van der Waals surface area contributed by atoms with Crippen LogP contribution in [0.1, 0.15) is 0 Å². The number of ether oxygens (including phenoxy) is 1. The molecular weight excluding hydrogens is 294 g/mol. The Morgan fingerprint density at radius 1 is 0.913 bits per heavy atom. The molecule has 2 aromatic carbocycles. The number of nitrogens with zero attached hydrogens (tertiary/aromatic N) is 3. The van der Waals surface area contributed by atoms with Gasteiger partial charge in [-0.15, -0.1) is 0 Å². The van der Waals surface area contributed by atoms with Crippen LogP contribution < -0.4 is 9.64 Å². The summed E-state index contributed by atoms with van der Waals surface area (Å²) in [6.45, 7) is 0.293. The summed E-state index contributed by atoms with van der Waals surface area (Å²) in [5.41, 5.74) is 0.532. The van der Waals surface area contributed by atoms with E-state index < -0.39 is 12.0 Å². The monoisotopic (exact) mass is 307 g/mol. The molecule has 0 spiro atoms. The Bertz CT molecular complexity index is 786. The van der Waals surface area contributed by atoms with E-state index in [0.29, 0.717) is 18.0 Å². The topological polar surface area (TPSA) is 71.3 Å². The van der Waals surface area contributed by atoms with Gasteiger partial charge in [-0.05, 0) is 36.4 Å². The molecule has 6 nitrogen and oxygen atoms in total. The summed E-state index contributed by atoms with van der Waals surface area (Å²) < 4.78 is 5.70. The molecule has 1 fully saturated rings. The molecule has 2 atom stereocenters. The Kier molecular flexibility index (Phi) is 3.15. The SMILES string of the molecule is O=C1[C@H]2CN=N[C@H]2C(=O)N1c1ccc(Oc2ccccc2)cc1. The first kappa shape index (κ1) is 13.6. The maximum atomic E-state index is 12.3. The average molecular weight is 307 g/mol. The lowest BCUT2D eigenvalue weighted by Crippen LogP contribution is -2.31. The zero-order chi connectivity index (χ0) is 15.8. The molecule has 0 aliphatic carbocycles. The molecule has 2 heterocycles. The predicted molar refractivity (Wildman–Crippen MR) is 82.5 cm³/mol. The molecule has 1 saturated heterocycles. The summed E-state index contributed by atoms with van der Waals surface area (Å²) in [6.07, 6.45) is 0. The van der Waals surface area contributed by atoms with Gasteiger partial charge in [0.15, 0.2) is 6.04 Å². The van der Waals surface area contributed by atoms with Gasteiger partial charge in [-0.1, -0.05) is 18.2 Å². The lowest BCUT2D eigenvalue weighted by molar-refractivity contribution is -0.122. The minimum absolute atomic E-state index is 0.235. The van der Waals surface area contributed by atoms with E-state index in [0.717, 1.165) is 5.75 Å². The maximum absolute atomic E-state index is 12.3. The predicted octanol–water partition coefficient (Wildman–Crippen LogP) is 2.80. The first-order valence-corrected chi connectivity index (χ1v) is 7.31. The van der Waals surface area contributed by atoms with Gasteiger partial charge < -0.3 is 4.74 Å². The quantitative estimate of drug-likeness (QED) is 0.819. The number of anilines is 1. The van der Waals surface area contributed by atoms with Crippen LogP contribution in [0.25, 0.3) is 0 Å². The second-order valence-electron chi connectivity index (χ2n) is 5.41. The third kappa shape index (κ3) is 2.28. The zero-order valence-corrected chi connectivity index (χ0v) is 12.1. The zero-order valence-electron chi connectivity index (χ0n) is 12.1. The number of carbonyl (C=O) groups excluding carboxylic acids is 2. The van der Waals surface area contributed by atoms with E-state index in [1.54, 1.807) is 24.3 Å². The number of amides is 2. The number of benzene rings is 2. The van der Waals surface area contributed by atoms with Crippen molar-refractivity contribution in [3.05, 3.63) is 54.6 Å². The molecule has 0 N–H and O–H groups in total. The van der Waals surface area contributed by atoms with Crippen molar-refractivity contribution in [2.75, 3.05) is 11.4 Å². The van der Waals surface area contributed by atoms with E-state index in [9.17, 15) is 9.59 Å². The lowest BCUT2D eigenvalue weighted by Gasteiger charge is -2.15. The van der Waals surface area contributed by atoms with Crippen LogP contribution in [-0.2, 0) is 9.59 Å². The number of carbonyl (C=O) groups is 2. The standard InChI is InChI=1S/C17H13N3O3/c21-16-14-10-18-19-15(14)17(22)20(16)11-6-8-13(9-7-11)23-12-4-2-1-3-5-12/h1-9,14-15H,10H2/t14-,15+/m0/s1. The third-order valence-corrected chi connectivity index (χ3v) is 3.95. The first-order chi connectivity index (χ1) is 11.2. The van der Waals surface area contributed by atoms with Gasteiger partial charge in [-0.25, -0.2) is 4.90 Å². The van der Waals surface area contributed by atoms with Gasteiger partial charge in [-0.3, -0.25) is 9.59 Å². The van der Waals surface area contributed by atoms with Crippen LogP contribution in [0.3, 0.4) is 0 Å². The Balaban J connectivity index is 1.56. The molecule has 23 heavy (non-hydrogen) atoms. The smallest absolute Gasteiger partial charge is 0.261 e. The molecule has 6 heteroatoms. The van der Waals surface area contributed by atoms with E-state index in [1.165, 1.54) is 4.90 Å². The first-order valence-electron chi connectivity index (χ1n) is 7.31. The van der Waals surface area contributed by atoms with Crippen LogP contribution in [0.15, 0.2) is 64.8 Å². The van der Waals surface area contributed by atoms with Crippen molar-refractivity contribution in [1.82, 2.24) is 0 Å².